The number of nitrogens with zero attached hydrogens (tertiary/aromatic N) is 2. The Morgan fingerprint density at radius 3 is 2.69 bits per heavy atom. The van der Waals surface area contributed by atoms with Crippen molar-refractivity contribution in [2.24, 2.45) is 0 Å². The number of aromatic nitrogens is 3. The molecule has 0 amide bonds. The van der Waals surface area contributed by atoms with E-state index >= 15 is 0 Å². The maximum Gasteiger partial charge on any atom is 0.156 e. The third-order valence-corrected chi connectivity index (χ3v) is 4.49. The van der Waals surface area contributed by atoms with E-state index in [0.717, 1.165) is 33.8 Å². The standard InChI is InChI=1S/C21H21N5/c1-14(15-7-4-3-5-8-15)25-17-10-6-9-16(11-17)18-12-23-21-20(18)26-19(22-2)13-24-21/h3-14,25H,1-2H3,(H,22,26)(H,23,24)/t14-/m0/s1. The summed E-state index contributed by atoms with van der Waals surface area (Å²) in [5, 5.41) is 6.62. The number of hydrogen-bond donors (Lipinski definition) is 3. The first-order chi connectivity index (χ1) is 12.7. The zero-order valence-electron chi connectivity index (χ0n) is 14.8. The second-order valence-electron chi connectivity index (χ2n) is 6.26. The van der Waals surface area contributed by atoms with E-state index in [-0.39, 0.29) is 6.04 Å². The number of hydrogen-bond acceptors (Lipinski definition) is 4. The lowest BCUT2D eigenvalue weighted by molar-refractivity contribution is 0.885. The van der Waals surface area contributed by atoms with Crippen LogP contribution >= 0.6 is 0 Å². The van der Waals surface area contributed by atoms with E-state index in [0.29, 0.717) is 0 Å². The van der Waals surface area contributed by atoms with E-state index < -0.39 is 0 Å². The number of benzene rings is 2. The van der Waals surface area contributed by atoms with E-state index in [1.165, 1.54) is 5.56 Å². The highest BCUT2D eigenvalue weighted by molar-refractivity contribution is 5.91. The molecule has 4 aromatic rings. The van der Waals surface area contributed by atoms with Crippen molar-refractivity contribution in [1.29, 1.82) is 0 Å². The van der Waals surface area contributed by atoms with Crippen LogP contribution in [0.5, 0.6) is 0 Å². The predicted octanol–water partition coefficient (Wildman–Crippen LogP) is 4.84. The van der Waals surface area contributed by atoms with Crippen molar-refractivity contribution in [2.45, 2.75) is 13.0 Å². The zero-order chi connectivity index (χ0) is 17.9. The van der Waals surface area contributed by atoms with Crippen molar-refractivity contribution in [3.63, 3.8) is 0 Å². The largest absolute Gasteiger partial charge is 0.379 e. The summed E-state index contributed by atoms with van der Waals surface area (Å²) in [4.78, 5) is 12.3. The Morgan fingerprint density at radius 1 is 1.04 bits per heavy atom. The number of anilines is 2. The van der Waals surface area contributed by atoms with Gasteiger partial charge in [0.05, 0.1) is 6.20 Å². The van der Waals surface area contributed by atoms with Crippen LogP contribution in [-0.2, 0) is 0 Å². The Morgan fingerprint density at radius 2 is 1.88 bits per heavy atom. The quantitative estimate of drug-likeness (QED) is 0.485. The minimum Gasteiger partial charge on any atom is -0.379 e. The molecule has 5 nitrogen and oxygen atoms in total. The summed E-state index contributed by atoms with van der Waals surface area (Å²) >= 11 is 0. The molecule has 2 aromatic heterocycles. The van der Waals surface area contributed by atoms with Crippen molar-refractivity contribution in [3.8, 4) is 11.1 Å². The van der Waals surface area contributed by atoms with Crippen LogP contribution in [-0.4, -0.2) is 22.0 Å². The number of fused-ring (bicyclic) bond motifs is 1. The van der Waals surface area contributed by atoms with Crippen LogP contribution in [0, 0.1) is 0 Å². The average Bonchev–Trinajstić information content (AvgIpc) is 3.12. The predicted molar refractivity (Wildman–Crippen MR) is 107 cm³/mol. The lowest BCUT2D eigenvalue weighted by atomic mass is 10.1. The van der Waals surface area contributed by atoms with Gasteiger partial charge in [-0.25, -0.2) is 9.97 Å². The summed E-state index contributed by atoms with van der Waals surface area (Å²) in [5.74, 6) is 0.755. The van der Waals surface area contributed by atoms with E-state index in [1.807, 2.05) is 19.3 Å². The summed E-state index contributed by atoms with van der Waals surface area (Å²) in [6.07, 6.45) is 3.69. The lowest BCUT2D eigenvalue weighted by Crippen LogP contribution is -2.06. The minimum absolute atomic E-state index is 0.227. The Bertz CT molecular complexity index is 1020. The van der Waals surface area contributed by atoms with Gasteiger partial charge in [0.25, 0.3) is 0 Å². The highest BCUT2D eigenvalue weighted by Crippen LogP contribution is 2.30. The molecule has 0 aliphatic rings. The molecule has 5 heteroatoms. The second kappa shape index (κ2) is 6.88. The van der Waals surface area contributed by atoms with Gasteiger partial charge in [-0.2, -0.15) is 0 Å². The minimum atomic E-state index is 0.227. The number of aromatic amines is 1. The fraction of sp³-hybridized carbons (Fsp3) is 0.143. The van der Waals surface area contributed by atoms with Gasteiger partial charge in [-0.1, -0.05) is 42.5 Å². The molecule has 4 rings (SSSR count). The van der Waals surface area contributed by atoms with Gasteiger partial charge in [-0.15, -0.1) is 0 Å². The smallest absolute Gasteiger partial charge is 0.156 e. The van der Waals surface area contributed by atoms with Gasteiger partial charge in [-0.05, 0) is 30.2 Å². The van der Waals surface area contributed by atoms with Crippen LogP contribution in [0.4, 0.5) is 11.5 Å². The Balaban J connectivity index is 1.66. The van der Waals surface area contributed by atoms with Crippen LogP contribution in [0.2, 0.25) is 0 Å². The molecule has 0 radical (unpaired) electrons. The van der Waals surface area contributed by atoms with Crippen LogP contribution in [0.25, 0.3) is 22.3 Å². The Hall–Kier alpha value is -3.34. The molecule has 0 aliphatic carbocycles. The van der Waals surface area contributed by atoms with Crippen LogP contribution < -0.4 is 10.6 Å². The molecular weight excluding hydrogens is 322 g/mol. The highest BCUT2D eigenvalue weighted by Gasteiger charge is 2.11. The summed E-state index contributed by atoms with van der Waals surface area (Å²) < 4.78 is 0. The molecule has 0 saturated carbocycles. The molecule has 0 bridgehead atoms. The van der Waals surface area contributed by atoms with Crippen molar-refractivity contribution in [3.05, 3.63) is 72.6 Å². The molecule has 3 N–H and O–H groups in total. The van der Waals surface area contributed by atoms with Gasteiger partial charge in [0.1, 0.15) is 11.3 Å². The second-order valence-corrected chi connectivity index (χ2v) is 6.26. The highest BCUT2D eigenvalue weighted by atomic mass is 15.0. The fourth-order valence-electron chi connectivity index (χ4n) is 3.08. The summed E-state index contributed by atoms with van der Waals surface area (Å²) in [6, 6.07) is 19.0. The summed E-state index contributed by atoms with van der Waals surface area (Å²) in [6.45, 7) is 2.17. The number of H-pyrrole nitrogens is 1. The summed E-state index contributed by atoms with van der Waals surface area (Å²) in [5.41, 5.74) is 6.13. The molecule has 0 aliphatic heterocycles. The van der Waals surface area contributed by atoms with Gasteiger partial charge < -0.3 is 15.6 Å². The maximum atomic E-state index is 4.64. The molecule has 0 unspecified atom stereocenters. The normalized spacial score (nSPS) is 12.1. The molecule has 2 aromatic carbocycles. The van der Waals surface area contributed by atoms with Crippen LogP contribution in [0.1, 0.15) is 18.5 Å². The van der Waals surface area contributed by atoms with Crippen molar-refractivity contribution in [1.82, 2.24) is 15.0 Å². The summed E-state index contributed by atoms with van der Waals surface area (Å²) in [7, 11) is 1.84. The van der Waals surface area contributed by atoms with Gasteiger partial charge in [0.15, 0.2) is 5.65 Å². The number of rotatable bonds is 5. The van der Waals surface area contributed by atoms with Gasteiger partial charge in [0, 0.05) is 30.5 Å². The molecule has 0 spiro atoms. The van der Waals surface area contributed by atoms with E-state index in [4.69, 9.17) is 0 Å². The monoisotopic (exact) mass is 343 g/mol. The zero-order valence-corrected chi connectivity index (χ0v) is 14.8. The molecule has 1 atom stereocenters. The molecular formula is C21H21N5. The third kappa shape index (κ3) is 3.11. The van der Waals surface area contributed by atoms with Crippen molar-refractivity contribution in [2.75, 3.05) is 17.7 Å². The molecule has 26 heavy (non-hydrogen) atoms. The first-order valence-electron chi connectivity index (χ1n) is 8.68. The van der Waals surface area contributed by atoms with E-state index in [9.17, 15) is 0 Å². The van der Waals surface area contributed by atoms with Gasteiger partial charge in [-0.3, -0.25) is 0 Å². The van der Waals surface area contributed by atoms with Crippen molar-refractivity contribution >= 4 is 22.7 Å². The molecule has 0 fully saturated rings. The third-order valence-electron chi connectivity index (χ3n) is 4.49. The first-order valence-corrected chi connectivity index (χ1v) is 8.68. The first kappa shape index (κ1) is 16.1. The lowest BCUT2D eigenvalue weighted by Gasteiger charge is -2.16. The van der Waals surface area contributed by atoms with Crippen molar-refractivity contribution < 1.29 is 0 Å². The Labute approximate surface area is 152 Å². The van der Waals surface area contributed by atoms with E-state index in [1.54, 1.807) is 6.20 Å². The number of nitrogens with one attached hydrogen (secondary N) is 3. The Kier molecular flexibility index (Phi) is 4.27. The SMILES string of the molecule is CNc1cnc2[nH]cc(-c3cccc(N[C@@H](C)c4ccccc4)c3)c2n1. The van der Waals surface area contributed by atoms with Crippen LogP contribution in [0.15, 0.2) is 67.0 Å². The molecule has 0 saturated heterocycles. The topological polar surface area (TPSA) is 65.6 Å². The van der Waals surface area contributed by atoms with E-state index in [2.05, 4.69) is 81.0 Å². The van der Waals surface area contributed by atoms with Gasteiger partial charge in [0.2, 0.25) is 0 Å². The molecule has 130 valence electrons. The molecule has 2 heterocycles. The van der Waals surface area contributed by atoms with Gasteiger partial charge >= 0.3 is 0 Å². The maximum absolute atomic E-state index is 4.64. The average molecular weight is 343 g/mol. The fourth-order valence-corrected chi connectivity index (χ4v) is 3.08. The van der Waals surface area contributed by atoms with Crippen LogP contribution in [0.3, 0.4) is 0 Å².